The number of amides is 3. The number of hydrogen-bond acceptors (Lipinski definition) is 3. The summed E-state index contributed by atoms with van der Waals surface area (Å²) in [6.45, 7) is 1.80. The molecule has 3 N–H and O–H groups in total. The van der Waals surface area contributed by atoms with Crippen molar-refractivity contribution in [1.29, 1.82) is 0 Å². The lowest BCUT2D eigenvalue weighted by molar-refractivity contribution is -0.114. The van der Waals surface area contributed by atoms with Gasteiger partial charge in [-0.05, 0) is 36.2 Å². The molecule has 0 aromatic heterocycles. The van der Waals surface area contributed by atoms with Crippen LogP contribution < -0.4 is 16.0 Å². The Morgan fingerprint density at radius 3 is 2.61 bits per heavy atom. The number of urea groups is 1. The molecule has 0 aliphatic heterocycles. The van der Waals surface area contributed by atoms with Gasteiger partial charge in [-0.15, -0.1) is 35.0 Å². The van der Waals surface area contributed by atoms with Gasteiger partial charge in [0.2, 0.25) is 5.91 Å². The van der Waals surface area contributed by atoms with Crippen LogP contribution in [0.15, 0.2) is 53.4 Å². The fraction of sp³-hybridized carbons (Fsp3) is 0.300. The van der Waals surface area contributed by atoms with E-state index in [0.717, 1.165) is 28.3 Å². The smallest absolute Gasteiger partial charge is 0.319 e. The van der Waals surface area contributed by atoms with Gasteiger partial charge < -0.3 is 16.0 Å². The minimum atomic E-state index is -0.599. The lowest BCUT2D eigenvalue weighted by atomic mass is 10.2. The Morgan fingerprint density at radius 1 is 1.14 bits per heavy atom. The van der Waals surface area contributed by atoms with E-state index >= 15 is 0 Å². The van der Waals surface area contributed by atoms with Gasteiger partial charge >= 0.3 is 6.03 Å². The van der Waals surface area contributed by atoms with Gasteiger partial charge in [-0.3, -0.25) is 4.79 Å². The molecule has 3 amide bonds. The molecule has 0 radical (unpaired) electrons. The first-order chi connectivity index (χ1) is 13.3. The highest BCUT2D eigenvalue weighted by molar-refractivity contribution is 7.99. The second-order valence-electron chi connectivity index (χ2n) is 6.66. The predicted octanol–water partition coefficient (Wildman–Crippen LogP) is 5.25. The van der Waals surface area contributed by atoms with Crippen molar-refractivity contribution in [2.24, 2.45) is 5.92 Å². The van der Waals surface area contributed by atoms with E-state index in [0.29, 0.717) is 12.2 Å². The zero-order valence-electron chi connectivity index (χ0n) is 15.3. The van der Waals surface area contributed by atoms with Gasteiger partial charge in [0.25, 0.3) is 0 Å². The zero-order chi connectivity index (χ0) is 20.1. The fourth-order valence-electron chi connectivity index (χ4n) is 2.65. The van der Waals surface area contributed by atoms with E-state index in [1.54, 1.807) is 17.8 Å². The van der Waals surface area contributed by atoms with Crippen LogP contribution in [0.5, 0.6) is 0 Å². The van der Waals surface area contributed by atoms with Crippen LogP contribution in [-0.2, 0) is 11.3 Å². The van der Waals surface area contributed by atoms with Gasteiger partial charge in [-0.1, -0.05) is 24.3 Å². The van der Waals surface area contributed by atoms with E-state index in [2.05, 4.69) is 16.0 Å². The van der Waals surface area contributed by atoms with Crippen molar-refractivity contribution < 1.29 is 9.59 Å². The maximum absolute atomic E-state index is 12.3. The Hall–Kier alpha value is -1.89. The van der Waals surface area contributed by atoms with Gasteiger partial charge in [0.15, 0.2) is 0 Å². The number of halogens is 2. The second kappa shape index (κ2) is 9.07. The quantitative estimate of drug-likeness (QED) is 0.408. The maximum atomic E-state index is 12.3. The van der Waals surface area contributed by atoms with E-state index in [-0.39, 0.29) is 17.9 Å². The van der Waals surface area contributed by atoms with Crippen LogP contribution in [0.1, 0.15) is 18.9 Å². The molecule has 0 spiro atoms. The van der Waals surface area contributed by atoms with Crippen molar-refractivity contribution in [3.8, 4) is 0 Å². The topological polar surface area (TPSA) is 70.2 Å². The largest absolute Gasteiger partial charge is 0.334 e. The van der Waals surface area contributed by atoms with Crippen LogP contribution in [0.25, 0.3) is 0 Å². The Bertz CT molecular complexity index is 876. The first-order valence-electron chi connectivity index (χ1n) is 8.84. The zero-order valence-corrected chi connectivity index (χ0v) is 17.6. The van der Waals surface area contributed by atoms with Crippen LogP contribution in [0, 0.1) is 5.92 Å². The molecule has 3 rings (SSSR count). The number of carbonyl (C=O) groups excluding carboxylic acids is 2. The Kier molecular flexibility index (Phi) is 6.75. The molecule has 1 aliphatic rings. The molecule has 1 fully saturated rings. The van der Waals surface area contributed by atoms with E-state index in [4.69, 9.17) is 23.2 Å². The second-order valence-corrected chi connectivity index (χ2v) is 9.26. The minimum absolute atomic E-state index is 0.135. The molecule has 2 aromatic carbocycles. The number of nitrogens with one attached hydrogen (secondary N) is 3. The lowest BCUT2D eigenvalue weighted by Gasteiger charge is -2.12. The maximum Gasteiger partial charge on any atom is 0.319 e. The highest BCUT2D eigenvalue weighted by atomic mass is 35.5. The molecule has 28 heavy (non-hydrogen) atoms. The highest BCUT2D eigenvalue weighted by Gasteiger charge is 2.51. The molecule has 1 atom stereocenters. The molecular formula is C20H21Cl2N3O2S. The molecule has 0 heterocycles. The Balaban J connectivity index is 1.53. The van der Waals surface area contributed by atoms with Crippen molar-refractivity contribution in [3.63, 3.8) is 0 Å². The van der Waals surface area contributed by atoms with Gasteiger partial charge in [0.1, 0.15) is 4.33 Å². The Morgan fingerprint density at radius 2 is 1.89 bits per heavy atom. The molecule has 2 aromatic rings. The monoisotopic (exact) mass is 437 g/mol. The number of carbonyl (C=O) groups is 2. The molecular weight excluding hydrogens is 417 g/mol. The standard InChI is InChI=1S/C20H21Cl2N3O2S/c1-13(26)24-16-6-4-5-14(9-16)11-23-19(27)25-17-7-2-3-8-18(17)28-12-15-10-20(15,21)22/h2-9,15H,10-12H2,1H3,(H,24,26)(H2,23,25,27). The highest BCUT2D eigenvalue weighted by Crippen LogP contribution is 2.55. The number of hydrogen-bond donors (Lipinski definition) is 3. The van der Waals surface area contributed by atoms with E-state index in [1.165, 1.54) is 6.92 Å². The van der Waals surface area contributed by atoms with Gasteiger partial charge in [0, 0.05) is 35.7 Å². The summed E-state index contributed by atoms with van der Waals surface area (Å²) >= 11 is 13.8. The van der Waals surface area contributed by atoms with Gasteiger partial charge in [-0.25, -0.2) is 4.79 Å². The first kappa shape index (κ1) is 20.8. The summed E-state index contributed by atoms with van der Waals surface area (Å²) in [5.74, 6) is 0.950. The molecule has 0 bridgehead atoms. The molecule has 0 saturated heterocycles. The van der Waals surface area contributed by atoms with Crippen LogP contribution in [0.2, 0.25) is 0 Å². The number of para-hydroxylation sites is 1. The van der Waals surface area contributed by atoms with Crippen LogP contribution in [-0.4, -0.2) is 22.0 Å². The van der Waals surface area contributed by atoms with Gasteiger partial charge in [-0.2, -0.15) is 0 Å². The summed E-state index contributed by atoms with van der Waals surface area (Å²) in [5.41, 5.74) is 2.33. The van der Waals surface area contributed by atoms with Gasteiger partial charge in [0.05, 0.1) is 5.69 Å². The van der Waals surface area contributed by atoms with Crippen LogP contribution in [0.4, 0.5) is 16.2 Å². The van der Waals surface area contributed by atoms with Crippen LogP contribution in [0.3, 0.4) is 0 Å². The van der Waals surface area contributed by atoms with E-state index in [9.17, 15) is 9.59 Å². The third kappa shape index (κ3) is 6.06. The number of anilines is 2. The number of alkyl halides is 2. The van der Waals surface area contributed by atoms with Crippen molar-refractivity contribution in [1.82, 2.24) is 5.32 Å². The molecule has 8 heteroatoms. The van der Waals surface area contributed by atoms with Crippen molar-refractivity contribution in [2.75, 3.05) is 16.4 Å². The summed E-state index contributed by atoms with van der Waals surface area (Å²) in [6.07, 6.45) is 0.802. The van der Waals surface area contributed by atoms with Crippen molar-refractivity contribution >= 4 is 58.3 Å². The third-order valence-corrected chi connectivity index (χ3v) is 6.39. The summed E-state index contributed by atoms with van der Waals surface area (Å²) < 4.78 is -0.599. The fourth-order valence-corrected chi connectivity index (χ4v) is 4.59. The molecule has 148 valence electrons. The normalized spacial score (nSPS) is 16.9. The molecule has 1 aliphatic carbocycles. The predicted molar refractivity (Wildman–Crippen MR) is 116 cm³/mol. The minimum Gasteiger partial charge on any atom is -0.334 e. The molecule has 1 saturated carbocycles. The summed E-state index contributed by atoms with van der Waals surface area (Å²) in [5, 5.41) is 8.44. The average Bonchev–Trinajstić information content (AvgIpc) is 3.26. The average molecular weight is 438 g/mol. The summed E-state index contributed by atoms with van der Waals surface area (Å²) in [7, 11) is 0. The molecule has 5 nitrogen and oxygen atoms in total. The lowest BCUT2D eigenvalue weighted by Crippen LogP contribution is -2.28. The summed E-state index contributed by atoms with van der Waals surface area (Å²) in [6, 6.07) is 14.7. The van der Waals surface area contributed by atoms with E-state index in [1.807, 2.05) is 42.5 Å². The first-order valence-corrected chi connectivity index (χ1v) is 10.6. The SMILES string of the molecule is CC(=O)Nc1cccc(CNC(=O)Nc2ccccc2SCC2CC2(Cl)Cl)c1. The van der Waals surface area contributed by atoms with Crippen LogP contribution >= 0.6 is 35.0 Å². The van der Waals surface area contributed by atoms with E-state index < -0.39 is 4.33 Å². The molecule has 1 unspecified atom stereocenters. The number of thioether (sulfide) groups is 1. The number of rotatable bonds is 7. The van der Waals surface area contributed by atoms with Crippen molar-refractivity contribution in [2.45, 2.75) is 29.1 Å². The Labute approximate surface area is 178 Å². The third-order valence-electron chi connectivity index (χ3n) is 4.23. The summed E-state index contributed by atoms with van der Waals surface area (Å²) in [4.78, 5) is 24.4. The van der Waals surface area contributed by atoms with Crippen molar-refractivity contribution in [3.05, 3.63) is 54.1 Å². The number of benzene rings is 2.